The summed E-state index contributed by atoms with van der Waals surface area (Å²) in [5.74, 6) is -0.248. The number of aromatic nitrogens is 2. The lowest BCUT2D eigenvalue weighted by molar-refractivity contribution is -0.129. The molecule has 0 radical (unpaired) electrons. The summed E-state index contributed by atoms with van der Waals surface area (Å²) in [6.45, 7) is 4.55. The number of nitrogens with zero attached hydrogens (tertiary/aromatic N) is 2. The monoisotopic (exact) mass is 260 g/mol. The molecule has 8 heteroatoms. The Labute approximate surface area is 100 Å². The summed E-state index contributed by atoms with van der Waals surface area (Å²) in [6.07, 6.45) is 2.44. The van der Waals surface area contributed by atoms with Crippen LogP contribution < -0.4 is 4.72 Å². The van der Waals surface area contributed by atoms with Gasteiger partial charge in [0.25, 0.3) is 0 Å². The van der Waals surface area contributed by atoms with E-state index in [1.807, 2.05) is 13.8 Å². The standard InChI is InChI=1S/C9H16N4O3S/c1-3-13(4-2)9(14)7-12-17(15,16)8-5-10-11-6-8/h5-6,12H,3-4,7H2,1-2H3,(H,10,11). The molecule has 7 nitrogen and oxygen atoms in total. The van der Waals surface area contributed by atoms with Gasteiger partial charge in [-0.2, -0.15) is 5.10 Å². The molecule has 0 bridgehead atoms. The van der Waals surface area contributed by atoms with Crippen LogP contribution in [-0.2, 0) is 14.8 Å². The third kappa shape index (κ3) is 3.53. The molecular weight excluding hydrogens is 244 g/mol. The maximum Gasteiger partial charge on any atom is 0.244 e. The maximum absolute atomic E-state index is 11.7. The van der Waals surface area contributed by atoms with Crippen LogP contribution in [0, 0.1) is 0 Å². The van der Waals surface area contributed by atoms with Crippen molar-refractivity contribution in [1.29, 1.82) is 0 Å². The summed E-state index contributed by atoms with van der Waals surface area (Å²) in [7, 11) is -3.65. The molecule has 0 spiro atoms. The number of H-pyrrole nitrogens is 1. The van der Waals surface area contributed by atoms with E-state index in [0.717, 1.165) is 0 Å². The lowest BCUT2D eigenvalue weighted by atomic mass is 10.4. The number of sulfonamides is 1. The first-order valence-electron chi connectivity index (χ1n) is 5.27. The largest absolute Gasteiger partial charge is 0.342 e. The van der Waals surface area contributed by atoms with E-state index in [1.165, 1.54) is 12.4 Å². The van der Waals surface area contributed by atoms with Crippen molar-refractivity contribution in [3.63, 3.8) is 0 Å². The van der Waals surface area contributed by atoms with Crippen molar-refractivity contribution in [1.82, 2.24) is 19.8 Å². The van der Waals surface area contributed by atoms with Gasteiger partial charge in [-0.25, -0.2) is 13.1 Å². The molecule has 0 aliphatic carbocycles. The molecule has 0 aromatic carbocycles. The number of hydrogen-bond acceptors (Lipinski definition) is 4. The highest BCUT2D eigenvalue weighted by Crippen LogP contribution is 2.03. The zero-order valence-corrected chi connectivity index (χ0v) is 10.6. The first-order valence-corrected chi connectivity index (χ1v) is 6.75. The molecule has 0 saturated carbocycles. The second-order valence-corrected chi connectivity index (χ2v) is 5.09. The Morgan fingerprint density at radius 3 is 2.59 bits per heavy atom. The Balaban J connectivity index is 2.60. The van der Waals surface area contributed by atoms with Crippen molar-refractivity contribution in [3.8, 4) is 0 Å². The molecule has 1 aromatic heterocycles. The number of rotatable bonds is 6. The summed E-state index contributed by atoms with van der Waals surface area (Å²) in [5.41, 5.74) is 0. The molecule has 0 atom stereocenters. The third-order valence-corrected chi connectivity index (χ3v) is 3.68. The highest BCUT2D eigenvalue weighted by molar-refractivity contribution is 7.89. The van der Waals surface area contributed by atoms with Crippen molar-refractivity contribution in [2.75, 3.05) is 19.6 Å². The molecule has 2 N–H and O–H groups in total. The molecule has 0 aliphatic heterocycles. The van der Waals surface area contributed by atoms with E-state index in [-0.39, 0.29) is 17.3 Å². The van der Waals surface area contributed by atoms with Crippen LogP contribution in [0.5, 0.6) is 0 Å². The molecule has 17 heavy (non-hydrogen) atoms. The van der Waals surface area contributed by atoms with Crippen LogP contribution in [-0.4, -0.2) is 49.1 Å². The number of likely N-dealkylation sites (N-methyl/N-ethyl adjacent to an activating group) is 1. The van der Waals surface area contributed by atoms with E-state index < -0.39 is 10.0 Å². The van der Waals surface area contributed by atoms with Crippen LogP contribution in [0.3, 0.4) is 0 Å². The molecule has 1 aromatic rings. The maximum atomic E-state index is 11.7. The van der Waals surface area contributed by atoms with E-state index >= 15 is 0 Å². The molecule has 96 valence electrons. The Morgan fingerprint density at radius 2 is 2.12 bits per heavy atom. The third-order valence-electron chi connectivity index (χ3n) is 2.31. The summed E-state index contributed by atoms with van der Waals surface area (Å²) in [6, 6.07) is 0. The molecule has 1 amide bonds. The lowest BCUT2D eigenvalue weighted by Crippen LogP contribution is -2.39. The van der Waals surface area contributed by atoms with Gasteiger partial charge in [0.1, 0.15) is 4.90 Å². The molecule has 0 saturated heterocycles. The van der Waals surface area contributed by atoms with Gasteiger partial charge in [-0.15, -0.1) is 0 Å². The van der Waals surface area contributed by atoms with Crippen molar-refractivity contribution < 1.29 is 13.2 Å². The second-order valence-electron chi connectivity index (χ2n) is 3.32. The van der Waals surface area contributed by atoms with E-state index in [4.69, 9.17) is 0 Å². The Morgan fingerprint density at radius 1 is 1.47 bits per heavy atom. The second kappa shape index (κ2) is 5.78. The minimum Gasteiger partial charge on any atom is -0.342 e. The first kappa shape index (κ1) is 13.7. The predicted octanol–water partition coefficient (Wildman–Crippen LogP) is -0.444. The number of aromatic amines is 1. The highest BCUT2D eigenvalue weighted by Gasteiger charge is 2.18. The summed E-state index contributed by atoms with van der Waals surface area (Å²) >= 11 is 0. The van der Waals surface area contributed by atoms with Crippen LogP contribution in [0.4, 0.5) is 0 Å². The van der Waals surface area contributed by atoms with Gasteiger partial charge in [0.05, 0.1) is 12.7 Å². The average molecular weight is 260 g/mol. The van der Waals surface area contributed by atoms with Crippen LogP contribution >= 0.6 is 0 Å². The van der Waals surface area contributed by atoms with Gasteiger partial charge in [-0.1, -0.05) is 0 Å². The number of carbonyl (C=O) groups excluding carboxylic acids is 1. The van der Waals surface area contributed by atoms with Crippen LogP contribution in [0.25, 0.3) is 0 Å². The molecule has 0 unspecified atom stereocenters. The van der Waals surface area contributed by atoms with Crippen molar-refractivity contribution in [3.05, 3.63) is 12.4 Å². The minimum absolute atomic E-state index is 0.0184. The average Bonchev–Trinajstić information content (AvgIpc) is 2.82. The number of hydrogen-bond donors (Lipinski definition) is 2. The van der Waals surface area contributed by atoms with Crippen molar-refractivity contribution in [2.24, 2.45) is 0 Å². The van der Waals surface area contributed by atoms with Crippen LogP contribution in [0.15, 0.2) is 17.3 Å². The van der Waals surface area contributed by atoms with E-state index in [2.05, 4.69) is 14.9 Å². The minimum atomic E-state index is -3.65. The van der Waals surface area contributed by atoms with Gasteiger partial charge < -0.3 is 4.90 Å². The zero-order chi connectivity index (χ0) is 12.9. The Kier molecular flexibility index (Phi) is 4.64. The zero-order valence-electron chi connectivity index (χ0n) is 9.80. The smallest absolute Gasteiger partial charge is 0.244 e. The fourth-order valence-electron chi connectivity index (χ4n) is 1.31. The van der Waals surface area contributed by atoms with E-state index in [9.17, 15) is 13.2 Å². The molecule has 1 rings (SSSR count). The van der Waals surface area contributed by atoms with Gasteiger partial charge in [0, 0.05) is 19.3 Å². The topological polar surface area (TPSA) is 95.2 Å². The molecule has 1 heterocycles. The van der Waals surface area contributed by atoms with Crippen molar-refractivity contribution in [2.45, 2.75) is 18.7 Å². The number of carbonyl (C=O) groups is 1. The number of nitrogens with one attached hydrogen (secondary N) is 2. The van der Waals surface area contributed by atoms with Crippen LogP contribution in [0.2, 0.25) is 0 Å². The van der Waals surface area contributed by atoms with Gasteiger partial charge in [0.15, 0.2) is 0 Å². The summed E-state index contributed by atoms with van der Waals surface area (Å²) < 4.78 is 25.5. The normalized spacial score (nSPS) is 11.4. The fourth-order valence-corrected chi connectivity index (χ4v) is 2.19. The quantitative estimate of drug-likeness (QED) is 0.724. The molecule has 0 fully saturated rings. The van der Waals surface area contributed by atoms with Crippen molar-refractivity contribution >= 4 is 15.9 Å². The first-order chi connectivity index (χ1) is 8.01. The van der Waals surface area contributed by atoms with Gasteiger partial charge >= 0.3 is 0 Å². The van der Waals surface area contributed by atoms with Gasteiger partial charge in [0.2, 0.25) is 15.9 Å². The fraction of sp³-hybridized carbons (Fsp3) is 0.556. The van der Waals surface area contributed by atoms with Crippen LogP contribution in [0.1, 0.15) is 13.8 Å². The van der Waals surface area contributed by atoms with E-state index in [1.54, 1.807) is 4.90 Å². The summed E-state index contributed by atoms with van der Waals surface area (Å²) in [4.78, 5) is 13.2. The SMILES string of the molecule is CCN(CC)C(=O)CNS(=O)(=O)c1cn[nH]c1. The lowest BCUT2D eigenvalue weighted by Gasteiger charge is -2.18. The molecule has 0 aliphatic rings. The van der Waals surface area contributed by atoms with Gasteiger partial charge in [-0.05, 0) is 13.8 Å². The predicted molar refractivity (Wildman–Crippen MR) is 61.7 cm³/mol. The summed E-state index contributed by atoms with van der Waals surface area (Å²) in [5, 5.41) is 5.95. The molecular formula is C9H16N4O3S. The Hall–Kier alpha value is -1.41. The number of amides is 1. The highest BCUT2D eigenvalue weighted by atomic mass is 32.2. The van der Waals surface area contributed by atoms with E-state index in [0.29, 0.717) is 13.1 Å². The van der Waals surface area contributed by atoms with Gasteiger partial charge in [-0.3, -0.25) is 9.89 Å². The Bertz CT molecular complexity index is 451.